The number of aromatic hydroxyl groups is 1. The highest BCUT2D eigenvalue weighted by molar-refractivity contribution is 6.23. The number of non-ortho nitro benzene ring substituents is 1. The van der Waals surface area contributed by atoms with Gasteiger partial charge < -0.3 is 19.7 Å². The number of rotatable bonds is 4. The van der Waals surface area contributed by atoms with Gasteiger partial charge in [0.2, 0.25) is 0 Å². The molecule has 2 aromatic rings. The molecular weight excluding hydrogens is 358 g/mol. The molecule has 136 valence electrons. The minimum absolute atomic E-state index is 0.00329. The Balaban J connectivity index is 2.19. The molecule has 0 aromatic heterocycles. The molecule has 9 nitrogen and oxygen atoms in total. The maximum atomic E-state index is 12.3. The molecule has 2 aromatic carbocycles. The van der Waals surface area contributed by atoms with Crippen LogP contribution in [-0.4, -0.2) is 27.8 Å². The van der Waals surface area contributed by atoms with Gasteiger partial charge >= 0.3 is 0 Å². The van der Waals surface area contributed by atoms with Crippen molar-refractivity contribution in [3.63, 3.8) is 0 Å². The van der Waals surface area contributed by atoms with E-state index in [4.69, 9.17) is 4.74 Å². The average molecular weight is 368 g/mol. The van der Waals surface area contributed by atoms with Crippen molar-refractivity contribution < 1.29 is 34.3 Å². The van der Waals surface area contributed by atoms with Crippen LogP contribution in [0, 0.1) is 10.1 Å². The number of ketones is 2. The number of nitrogens with zero attached hydrogens (tertiary/aromatic N) is 1. The van der Waals surface area contributed by atoms with Crippen LogP contribution in [0.4, 0.5) is 10.5 Å². The van der Waals surface area contributed by atoms with Crippen LogP contribution >= 0.6 is 0 Å². The van der Waals surface area contributed by atoms with Crippen LogP contribution in [0.15, 0.2) is 48.6 Å². The summed E-state index contributed by atoms with van der Waals surface area (Å²) in [5.41, 5.74) is -0.523. The van der Waals surface area contributed by atoms with Gasteiger partial charge in [-0.15, -0.1) is 0 Å². The van der Waals surface area contributed by atoms with Gasteiger partial charge in [-0.2, -0.15) is 0 Å². The number of fused-ring (bicyclic) bond motifs is 1. The van der Waals surface area contributed by atoms with Crippen LogP contribution < -0.4 is 5.11 Å². The molecule has 9 heteroatoms. The number of hydrogen-bond donors (Lipinski definition) is 1. The van der Waals surface area contributed by atoms with Gasteiger partial charge in [0.1, 0.15) is 5.75 Å². The Bertz CT molecular complexity index is 1010. The number of carboxylic acid groups (broad SMARTS) is 1. The summed E-state index contributed by atoms with van der Waals surface area (Å²) in [5, 5.41) is 31.8. The zero-order valence-electron chi connectivity index (χ0n) is 13.4. The van der Waals surface area contributed by atoms with Crippen molar-refractivity contribution in [3.05, 3.63) is 80.9 Å². The predicted octanol–water partition coefficient (Wildman–Crippen LogP) is 1.68. The maximum absolute atomic E-state index is 12.3. The van der Waals surface area contributed by atoms with Crippen LogP contribution in [0.25, 0.3) is 0 Å². The quantitative estimate of drug-likeness (QED) is 0.487. The second-order valence-corrected chi connectivity index (χ2v) is 5.58. The van der Waals surface area contributed by atoms with Gasteiger partial charge in [-0.1, -0.05) is 6.07 Å². The third-order valence-corrected chi connectivity index (χ3v) is 4.00. The van der Waals surface area contributed by atoms with Crippen molar-refractivity contribution >= 4 is 23.4 Å². The number of phenolic OH excluding ortho intramolecular Hbond substituents is 1. The van der Waals surface area contributed by atoms with E-state index in [0.29, 0.717) is 0 Å². The number of benzene rings is 2. The van der Waals surface area contributed by atoms with Crippen molar-refractivity contribution in [1.29, 1.82) is 0 Å². The molecule has 0 saturated carbocycles. The van der Waals surface area contributed by atoms with Gasteiger partial charge in [-0.3, -0.25) is 19.7 Å². The first-order valence-electron chi connectivity index (χ1n) is 7.54. The van der Waals surface area contributed by atoms with Gasteiger partial charge in [-0.05, 0) is 41.5 Å². The van der Waals surface area contributed by atoms with Gasteiger partial charge in [0.05, 0.1) is 16.6 Å². The Morgan fingerprint density at radius 2 is 1.59 bits per heavy atom. The monoisotopic (exact) mass is 368 g/mol. The summed E-state index contributed by atoms with van der Waals surface area (Å²) < 4.78 is 4.78. The zero-order chi connectivity index (χ0) is 19.7. The van der Waals surface area contributed by atoms with Crippen molar-refractivity contribution in [3.8, 4) is 5.75 Å². The molecule has 0 saturated heterocycles. The SMILES string of the molecule is O=C([O-])OC(c1ccc([N+](=O)[O-])cc1)c1ccc(O)c2c1C(=O)C=CC2=O. The van der Waals surface area contributed by atoms with Crippen LogP contribution in [0.5, 0.6) is 5.75 Å². The first-order valence-corrected chi connectivity index (χ1v) is 7.54. The normalized spacial score (nSPS) is 13.8. The van der Waals surface area contributed by atoms with E-state index in [2.05, 4.69) is 0 Å². The highest BCUT2D eigenvalue weighted by atomic mass is 16.7. The van der Waals surface area contributed by atoms with Gasteiger partial charge in [0, 0.05) is 17.7 Å². The van der Waals surface area contributed by atoms with E-state index in [0.717, 1.165) is 30.4 Å². The lowest BCUT2D eigenvalue weighted by atomic mass is 9.86. The molecule has 1 atom stereocenters. The van der Waals surface area contributed by atoms with E-state index in [1.54, 1.807) is 0 Å². The standard InChI is InChI=1S/C18H11NO8/c20-12-7-8-14(22)16-13(21)6-5-11(15(12)16)17(27-18(23)24)9-1-3-10(4-2-9)19(25)26/h1-8,17,21H,(H,23,24)/p-1. The Morgan fingerprint density at radius 3 is 2.15 bits per heavy atom. The lowest BCUT2D eigenvalue weighted by molar-refractivity contribution is -0.384. The number of allylic oxidation sites excluding steroid dienone is 2. The zero-order valence-corrected chi connectivity index (χ0v) is 13.4. The molecule has 0 bridgehead atoms. The number of nitro benzene ring substituents is 1. The fraction of sp³-hybridized carbons (Fsp3) is 0.0556. The summed E-state index contributed by atoms with van der Waals surface area (Å²) in [6.45, 7) is 0. The topological polar surface area (TPSA) is 147 Å². The highest BCUT2D eigenvalue weighted by Crippen LogP contribution is 2.36. The first kappa shape index (κ1) is 17.8. The molecule has 1 unspecified atom stereocenters. The lowest BCUT2D eigenvalue weighted by Crippen LogP contribution is -2.27. The van der Waals surface area contributed by atoms with Crippen LogP contribution in [-0.2, 0) is 4.74 Å². The van der Waals surface area contributed by atoms with Crippen molar-refractivity contribution in [2.24, 2.45) is 0 Å². The molecule has 27 heavy (non-hydrogen) atoms. The summed E-state index contributed by atoms with van der Waals surface area (Å²) >= 11 is 0. The van der Waals surface area contributed by atoms with E-state index in [1.165, 1.54) is 18.2 Å². The Kier molecular flexibility index (Phi) is 4.43. The van der Waals surface area contributed by atoms with Crippen molar-refractivity contribution in [2.75, 3.05) is 0 Å². The van der Waals surface area contributed by atoms with Gasteiger partial charge in [0.25, 0.3) is 11.8 Å². The molecule has 1 aliphatic carbocycles. The molecule has 3 rings (SSSR count). The average Bonchev–Trinajstić information content (AvgIpc) is 2.63. The molecule has 0 amide bonds. The summed E-state index contributed by atoms with van der Waals surface area (Å²) in [5.74, 6) is -1.68. The third-order valence-electron chi connectivity index (χ3n) is 4.00. The molecule has 1 N–H and O–H groups in total. The van der Waals surface area contributed by atoms with Crippen molar-refractivity contribution in [1.82, 2.24) is 0 Å². The molecule has 0 heterocycles. The molecule has 0 fully saturated rings. The number of carbonyl (C=O) groups excluding carboxylic acids is 3. The highest BCUT2D eigenvalue weighted by Gasteiger charge is 2.29. The fourth-order valence-corrected chi connectivity index (χ4v) is 2.84. The van der Waals surface area contributed by atoms with E-state index >= 15 is 0 Å². The minimum atomic E-state index is -1.90. The lowest BCUT2D eigenvalue weighted by Gasteiger charge is -2.26. The minimum Gasteiger partial charge on any atom is -0.537 e. The Morgan fingerprint density at radius 1 is 1.00 bits per heavy atom. The summed E-state index contributed by atoms with van der Waals surface area (Å²) in [7, 11) is 0. The number of hydrogen-bond acceptors (Lipinski definition) is 8. The fourth-order valence-electron chi connectivity index (χ4n) is 2.84. The smallest absolute Gasteiger partial charge is 0.269 e. The molecule has 0 aliphatic heterocycles. The van der Waals surface area contributed by atoms with Crippen LogP contribution in [0.3, 0.4) is 0 Å². The van der Waals surface area contributed by atoms with Gasteiger partial charge in [0.15, 0.2) is 11.6 Å². The van der Waals surface area contributed by atoms with Crippen LogP contribution in [0.1, 0.15) is 37.9 Å². The third kappa shape index (κ3) is 3.25. The molecular formula is C18H10NO8-. The molecule has 0 spiro atoms. The number of nitro groups is 1. The van der Waals surface area contributed by atoms with E-state index < -0.39 is 34.5 Å². The summed E-state index contributed by atoms with van der Waals surface area (Å²) in [6.07, 6.45) is -1.30. The molecule has 0 radical (unpaired) electrons. The van der Waals surface area contributed by atoms with Crippen LogP contribution in [0.2, 0.25) is 0 Å². The first-order chi connectivity index (χ1) is 12.8. The summed E-state index contributed by atoms with van der Waals surface area (Å²) in [6, 6.07) is 7.18. The second kappa shape index (κ2) is 6.71. The van der Waals surface area contributed by atoms with E-state index in [1.807, 2.05) is 0 Å². The van der Waals surface area contributed by atoms with Crippen molar-refractivity contribution in [2.45, 2.75) is 6.10 Å². The largest absolute Gasteiger partial charge is 0.537 e. The summed E-state index contributed by atoms with van der Waals surface area (Å²) in [4.78, 5) is 45.6. The number of ether oxygens (including phenoxy) is 1. The Labute approximate surface area is 151 Å². The predicted molar refractivity (Wildman–Crippen MR) is 87.3 cm³/mol. The molecule has 1 aliphatic rings. The van der Waals surface area contributed by atoms with E-state index in [9.17, 15) is 34.7 Å². The van der Waals surface area contributed by atoms with E-state index in [-0.39, 0.29) is 27.9 Å². The second-order valence-electron chi connectivity index (χ2n) is 5.58. The Hall–Kier alpha value is -4.01. The number of phenols is 1. The van der Waals surface area contributed by atoms with Gasteiger partial charge in [-0.25, -0.2) is 0 Å². The number of carbonyl (C=O) groups is 3. The maximum Gasteiger partial charge on any atom is 0.269 e.